The molecule has 3 aromatic rings. The lowest BCUT2D eigenvalue weighted by molar-refractivity contribution is 0.0746. The van der Waals surface area contributed by atoms with Crippen molar-refractivity contribution in [3.8, 4) is 0 Å². The molecule has 5 nitrogen and oxygen atoms in total. The molecule has 8 heteroatoms. The van der Waals surface area contributed by atoms with E-state index in [1.165, 1.54) is 0 Å². The number of anilines is 1. The van der Waals surface area contributed by atoms with Crippen molar-refractivity contribution < 1.29 is 4.79 Å². The Kier molecular flexibility index (Phi) is 6.37. The van der Waals surface area contributed by atoms with Gasteiger partial charge in [0.1, 0.15) is 5.82 Å². The van der Waals surface area contributed by atoms with Crippen molar-refractivity contribution in [1.82, 2.24) is 14.9 Å². The number of thioether (sulfide) groups is 1. The maximum atomic E-state index is 12.8. The van der Waals surface area contributed by atoms with Gasteiger partial charge in [-0.15, -0.1) is 23.1 Å². The first kappa shape index (κ1) is 20.2. The van der Waals surface area contributed by atoms with Crippen LogP contribution in [0, 0.1) is 6.92 Å². The second kappa shape index (κ2) is 9.15. The van der Waals surface area contributed by atoms with Crippen LogP contribution in [0.15, 0.2) is 52.9 Å². The van der Waals surface area contributed by atoms with Crippen LogP contribution in [0.1, 0.15) is 21.1 Å². The molecule has 1 amide bonds. The summed E-state index contributed by atoms with van der Waals surface area (Å²) in [4.78, 5) is 26.9. The van der Waals surface area contributed by atoms with Gasteiger partial charge in [-0.2, -0.15) is 0 Å². The fourth-order valence-electron chi connectivity index (χ4n) is 3.20. The smallest absolute Gasteiger partial charge is 0.253 e. The van der Waals surface area contributed by atoms with Gasteiger partial charge < -0.3 is 9.80 Å². The SMILES string of the molecule is Cc1nc(CSc2ccc(C(=O)N3CCN(c4ccc(Cl)cn4)CC3)cc2)cs1. The number of aryl methyl sites for hydroxylation is 1. The van der Waals surface area contributed by atoms with Gasteiger partial charge in [0.25, 0.3) is 5.91 Å². The van der Waals surface area contributed by atoms with Crippen molar-refractivity contribution in [3.05, 3.63) is 69.3 Å². The van der Waals surface area contributed by atoms with Crippen LogP contribution in [-0.4, -0.2) is 47.0 Å². The molecule has 0 saturated carbocycles. The van der Waals surface area contributed by atoms with Crippen LogP contribution in [0.2, 0.25) is 5.02 Å². The maximum absolute atomic E-state index is 12.8. The average molecular weight is 445 g/mol. The van der Waals surface area contributed by atoms with E-state index in [1.807, 2.05) is 48.2 Å². The fourth-order valence-corrected chi connectivity index (χ4v) is 4.82. The summed E-state index contributed by atoms with van der Waals surface area (Å²) in [5.41, 5.74) is 1.84. The number of piperazine rings is 1. The largest absolute Gasteiger partial charge is 0.353 e. The molecule has 1 saturated heterocycles. The molecule has 0 bridgehead atoms. The third-order valence-corrected chi connectivity index (χ3v) is 6.85. The van der Waals surface area contributed by atoms with Crippen molar-refractivity contribution in [3.63, 3.8) is 0 Å². The zero-order chi connectivity index (χ0) is 20.2. The quantitative estimate of drug-likeness (QED) is 0.531. The van der Waals surface area contributed by atoms with Gasteiger partial charge in [-0.05, 0) is 43.3 Å². The standard InChI is InChI=1S/C21H21ClN4OS2/c1-15-24-18(13-28-15)14-29-19-5-2-16(3-6-19)21(27)26-10-8-25(9-11-26)20-7-4-17(22)12-23-20/h2-7,12-13H,8-11,14H2,1H3. The van der Waals surface area contributed by atoms with E-state index >= 15 is 0 Å². The molecule has 0 atom stereocenters. The summed E-state index contributed by atoms with van der Waals surface area (Å²) < 4.78 is 0. The zero-order valence-corrected chi connectivity index (χ0v) is 18.4. The van der Waals surface area contributed by atoms with Gasteiger partial charge in [-0.3, -0.25) is 4.79 Å². The molecule has 1 fully saturated rings. The lowest BCUT2D eigenvalue weighted by Gasteiger charge is -2.35. The highest BCUT2D eigenvalue weighted by molar-refractivity contribution is 7.98. The van der Waals surface area contributed by atoms with Crippen LogP contribution in [0.25, 0.3) is 0 Å². The molecule has 1 aliphatic heterocycles. The van der Waals surface area contributed by atoms with E-state index in [0.717, 1.165) is 45.8 Å². The minimum atomic E-state index is 0.0837. The van der Waals surface area contributed by atoms with Crippen molar-refractivity contribution >= 4 is 46.4 Å². The van der Waals surface area contributed by atoms with Gasteiger partial charge in [-0.25, -0.2) is 9.97 Å². The number of benzene rings is 1. The second-order valence-electron chi connectivity index (χ2n) is 6.78. The van der Waals surface area contributed by atoms with Crippen molar-refractivity contribution in [2.24, 2.45) is 0 Å². The summed E-state index contributed by atoms with van der Waals surface area (Å²) in [6, 6.07) is 11.6. The van der Waals surface area contributed by atoms with Crippen molar-refractivity contribution in [2.45, 2.75) is 17.6 Å². The number of halogens is 1. The Morgan fingerprint density at radius 2 is 1.90 bits per heavy atom. The highest BCUT2D eigenvalue weighted by atomic mass is 35.5. The van der Waals surface area contributed by atoms with Crippen LogP contribution >= 0.6 is 34.7 Å². The predicted octanol–water partition coefficient (Wildman–Crippen LogP) is 4.75. The van der Waals surface area contributed by atoms with Crippen LogP contribution in [0.4, 0.5) is 5.82 Å². The maximum Gasteiger partial charge on any atom is 0.253 e. The molecule has 2 aromatic heterocycles. The number of aromatic nitrogens is 2. The number of nitrogens with zero attached hydrogens (tertiary/aromatic N) is 4. The lowest BCUT2D eigenvalue weighted by atomic mass is 10.2. The van der Waals surface area contributed by atoms with E-state index in [9.17, 15) is 4.79 Å². The molecular formula is C21H21ClN4OS2. The molecule has 29 heavy (non-hydrogen) atoms. The van der Waals surface area contributed by atoms with Gasteiger partial charge in [0.15, 0.2) is 0 Å². The number of hydrogen-bond acceptors (Lipinski definition) is 6. The minimum absolute atomic E-state index is 0.0837. The molecule has 0 radical (unpaired) electrons. The molecule has 3 heterocycles. The van der Waals surface area contributed by atoms with Crippen LogP contribution < -0.4 is 4.90 Å². The first-order chi connectivity index (χ1) is 14.1. The topological polar surface area (TPSA) is 49.3 Å². The Hall–Kier alpha value is -2.09. The molecule has 4 rings (SSSR count). The molecular weight excluding hydrogens is 424 g/mol. The molecule has 1 aliphatic rings. The Balaban J connectivity index is 1.31. The second-order valence-corrected chi connectivity index (χ2v) is 9.33. The average Bonchev–Trinajstić information content (AvgIpc) is 3.18. The van der Waals surface area contributed by atoms with E-state index in [4.69, 9.17) is 11.6 Å². The van der Waals surface area contributed by atoms with E-state index in [0.29, 0.717) is 18.1 Å². The normalized spacial score (nSPS) is 14.3. The molecule has 0 N–H and O–H groups in total. The van der Waals surface area contributed by atoms with Gasteiger partial charge in [0, 0.05) is 54.0 Å². The van der Waals surface area contributed by atoms with Gasteiger partial charge >= 0.3 is 0 Å². The highest BCUT2D eigenvalue weighted by Crippen LogP contribution is 2.24. The molecule has 0 spiro atoms. The van der Waals surface area contributed by atoms with E-state index in [2.05, 4.69) is 20.2 Å². The van der Waals surface area contributed by atoms with Crippen molar-refractivity contribution in [2.75, 3.05) is 31.1 Å². The third-order valence-electron chi connectivity index (χ3n) is 4.76. The van der Waals surface area contributed by atoms with E-state index in [1.54, 1.807) is 29.3 Å². The van der Waals surface area contributed by atoms with Gasteiger partial charge in [-0.1, -0.05) is 11.6 Å². The molecule has 1 aromatic carbocycles. The Labute approximate surface area is 183 Å². The summed E-state index contributed by atoms with van der Waals surface area (Å²) in [5.74, 6) is 1.83. The Morgan fingerprint density at radius 3 is 2.52 bits per heavy atom. The number of carbonyl (C=O) groups excluding carboxylic acids is 1. The number of pyridine rings is 1. The Bertz CT molecular complexity index is 967. The molecule has 0 aliphatic carbocycles. The molecule has 0 unspecified atom stereocenters. The molecule has 150 valence electrons. The fraction of sp³-hybridized carbons (Fsp3) is 0.286. The van der Waals surface area contributed by atoms with E-state index in [-0.39, 0.29) is 5.91 Å². The third kappa shape index (κ3) is 5.10. The first-order valence-electron chi connectivity index (χ1n) is 9.38. The van der Waals surface area contributed by atoms with Crippen LogP contribution in [-0.2, 0) is 5.75 Å². The summed E-state index contributed by atoms with van der Waals surface area (Å²) in [6.07, 6.45) is 1.66. The van der Waals surface area contributed by atoms with Gasteiger partial charge in [0.05, 0.1) is 15.7 Å². The van der Waals surface area contributed by atoms with E-state index < -0.39 is 0 Å². The summed E-state index contributed by atoms with van der Waals surface area (Å²) >= 11 is 9.32. The number of amides is 1. The van der Waals surface area contributed by atoms with Gasteiger partial charge in [0.2, 0.25) is 0 Å². The summed E-state index contributed by atoms with van der Waals surface area (Å²) in [5, 5.41) is 3.82. The summed E-state index contributed by atoms with van der Waals surface area (Å²) in [6.45, 7) is 4.92. The van der Waals surface area contributed by atoms with Crippen molar-refractivity contribution in [1.29, 1.82) is 0 Å². The number of hydrogen-bond donors (Lipinski definition) is 0. The summed E-state index contributed by atoms with van der Waals surface area (Å²) in [7, 11) is 0. The zero-order valence-electron chi connectivity index (χ0n) is 16.0. The first-order valence-corrected chi connectivity index (χ1v) is 11.6. The Morgan fingerprint density at radius 1 is 1.14 bits per heavy atom. The predicted molar refractivity (Wildman–Crippen MR) is 120 cm³/mol. The monoisotopic (exact) mass is 444 g/mol. The highest BCUT2D eigenvalue weighted by Gasteiger charge is 2.22. The minimum Gasteiger partial charge on any atom is -0.353 e. The number of carbonyl (C=O) groups is 1. The van der Waals surface area contributed by atoms with Crippen LogP contribution in [0.5, 0.6) is 0 Å². The number of thiazole rings is 1. The van der Waals surface area contributed by atoms with Crippen LogP contribution in [0.3, 0.4) is 0 Å². The number of rotatable bonds is 5. The lowest BCUT2D eigenvalue weighted by Crippen LogP contribution is -2.49.